The molecule has 3 aliphatic rings. The standard InChI is InChI=1S/C27H31FN4O5/c28-19-11-10-18-16-29-26(35)20-17-32-23(25(34)24(20)33)27(36)30-12-8-9-22(30)31(32)13-6-4-2-1-3-5-7-14-37-21(18)15-19/h3,5,10-11,15,17,22,34H,1-2,4,6-9,12-14,16H2,(H,29,35)/b5-3+. The number of amides is 2. The normalized spacial score (nSPS) is 21.6. The number of fused-ring (bicyclic) bond motifs is 4. The average Bonchev–Trinajstić information content (AvgIpc) is 3.37. The van der Waals surface area contributed by atoms with Gasteiger partial charge in [0.25, 0.3) is 11.8 Å². The van der Waals surface area contributed by atoms with E-state index in [1.165, 1.54) is 29.1 Å². The Morgan fingerprint density at radius 3 is 2.73 bits per heavy atom. The van der Waals surface area contributed by atoms with Gasteiger partial charge in [-0.2, -0.15) is 0 Å². The Balaban J connectivity index is 1.51. The number of nitrogens with one attached hydrogen (secondary N) is 1. The van der Waals surface area contributed by atoms with E-state index in [1.54, 1.807) is 4.90 Å². The van der Waals surface area contributed by atoms with Crippen molar-refractivity contribution < 1.29 is 23.8 Å². The van der Waals surface area contributed by atoms with Gasteiger partial charge in [0.15, 0.2) is 11.4 Å². The van der Waals surface area contributed by atoms with Gasteiger partial charge < -0.3 is 20.1 Å². The summed E-state index contributed by atoms with van der Waals surface area (Å²) in [5.74, 6) is -1.97. The molecule has 1 unspecified atom stereocenters. The van der Waals surface area contributed by atoms with Crippen LogP contribution in [-0.4, -0.2) is 52.4 Å². The number of benzene rings is 1. The Hall–Kier alpha value is -3.82. The van der Waals surface area contributed by atoms with Gasteiger partial charge >= 0.3 is 0 Å². The zero-order chi connectivity index (χ0) is 25.9. The fraction of sp³-hybridized carbons (Fsp3) is 0.444. The van der Waals surface area contributed by atoms with Crippen LogP contribution in [0.25, 0.3) is 0 Å². The lowest BCUT2D eigenvalue weighted by atomic mass is 10.1. The predicted molar refractivity (Wildman–Crippen MR) is 135 cm³/mol. The maximum Gasteiger partial charge on any atom is 0.278 e. The van der Waals surface area contributed by atoms with Gasteiger partial charge in [-0.25, -0.2) is 4.39 Å². The molecule has 5 rings (SSSR count). The highest BCUT2D eigenvalue weighted by molar-refractivity contribution is 5.99. The minimum absolute atomic E-state index is 0.00864. The predicted octanol–water partition coefficient (Wildman–Crippen LogP) is 3.04. The summed E-state index contributed by atoms with van der Waals surface area (Å²) < 4.78 is 21.1. The first-order chi connectivity index (χ1) is 18.0. The van der Waals surface area contributed by atoms with Crippen molar-refractivity contribution in [1.29, 1.82) is 0 Å². The Bertz CT molecular complexity index is 1290. The summed E-state index contributed by atoms with van der Waals surface area (Å²) in [7, 11) is 0. The van der Waals surface area contributed by atoms with Gasteiger partial charge in [0.05, 0.1) is 6.61 Å². The van der Waals surface area contributed by atoms with Crippen LogP contribution in [0.3, 0.4) is 0 Å². The monoisotopic (exact) mass is 510 g/mol. The van der Waals surface area contributed by atoms with Crippen LogP contribution in [0.4, 0.5) is 4.39 Å². The number of nitrogens with zero attached hydrogens (tertiary/aromatic N) is 3. The second-order valence-corrected chi connectivity index (χ2v) is 9.59. The summed E-state index contributed by atoms with van der Waals surface area (Å²) in [5.41, 5.74) is -0.723. The Kier molecular flexibility index (Phi) is 7.16. The number of hydrogen-bond donors (Lipinski definition) is 2. The molecule has 4 heterocycles. The van der Waals surface area contributed by atoms with E-state index in [4.69, 9.17) is 4.74 Å². The van der Waals surface area contributed by atoms with Crippen molar-refractivity contribution in [2.45, 2.75) is 57.7 Å². The number of aromatic nitrogens is 1. The van der Waals surface area contributed by atoms with Crippen molar-refractivity contribution >= 4 is 11.8 Å². The maximum atomic E-state index is 13.9. The van der Waals surface area contributed by atoms with Crippen molar-refractivity contribution in [3.8, 4) is 11.5 Å². The number of halogens is 1. The summed E-state index contributed by atoms with van der Waals surface area (Å²) in [5, 5.41) is 15.5. The number of allylic oxidation sites excluding steroid dienone is 1. The van der Waals surface area contributed by atoms with Crippen LogP contribution < -0.4 is 20.5 Å². The molecule has 1 aromatic carbocycles. The minimum atomic E-state index is -0.901. The van der Waals surface area contributed by atoms with Crippen LogP contribution in [0.5, 0.6) is 11.5 Å². The Morgan fingerprint density at radius 1 is 1.03 bits per heavy atom. The molecule has 2 N–H and O–H groups in total. The summed E-state index contributed by atoms with van der Waals surface area (Å²) in [6.45, 7) is 1.52. The molecule has 0 spiro atoms. The van der Waals surface area contributed by atoms with Crippen LogP contribution in [0.2, 0.25) is 0 Å². The quantitative estimate of drug-likeness (QED) is 0.528. The molecule has 0 radical (unpaired) electrons. The van der Waals surface area contributed by atoms with E-state index in [9.17, 15) is 23.9 Å². The Labute approximate surface area is 214 Å². The molecule has 196 valence electrons. The number of ether oxygens (including phenoxy) is 1. The number of aromatic hydroxyl groups is 1. The number of carbonyl (C=O) groups excluding carboxylic acids is 2. The number of carbonyl (C=O) groups is 2. The third kappa shape index (κ3) is 4.92. The molecule has 1 saturated heterocycles. The first kappa shape index (κ1) is 24.9. The highest BCUT2D eigenvalue weighted by atomic mass is 19.1. The van der Waals surface area contributed by atoms with Crippen LogP contribution in [0, 0.1) is 5.82 Å². The maximum absolute atomic E-state index is 13.9. The number of rotatable bonds is 0. The van der Waals surface area contributed by atoms with Gasteiger partial charge in [0.1, 0.15) is 23.3 Å². The lowest BCUT2D eigenvalue weighted by Crippen LogP contribution is -2.59. The fourth-order valence-electron chi connectivity index (χ4n) is 5.25. The van der Waals surface area contributed by atoms with Gasteiger partial charge in [0, 0.05) is 37.5 Å². The average molecular weight is 511 g/mol. The van der Waals surface area contributed by atoms with Gasteiger partial charge in [-0.05, 0) is 44.6 Å². The van der Waals surface area contributed by atoms with E-state index in [2.05, 4.69) is 11.4 Å². The van der Waals surface area contributed by atoms with Crippen LogP contribution in [0.1, 0.15) is 71.4 Å². The van der Waals surface area contributed by atoms with Crippen LogP contribution in [-0.2, 0) is 6.54 Å². The molecule has 0 aliphatic carbocycles. The van der Waals surface area contributed by atoms with Gasteiger partial charge in [-0.1, -0.05) is 24.6 Å². The highest BCUT2D eigenvalue weighted by Gasteiger charge is 2.42. The first-order valence-corrected chi connectivity index (χ1v) is 12.9. The number of pyridine rings is 1. The molecular weight excluding hydrogens is 479 g/mol. The van der Waals surface area contributed by atoms with E-state index in [0.717, 1.165) is 38.5 Å². The van der Waals surface area contributed by atoms with Gasteiger partial charge in [0.2, 0.25) is 5.43 Å². The van der Waals surface area contributed by atoms with Crippen LogP contribution in [0.15, 0.2) is 41.3 Å². The molecule has 3 aliphatic heterocycles. The topological polar surface area (TPSA) is 104 Å². The second kappa shape index (κ2) is 10.7. The van der Waals surface area contributed by atoms with E-state index in [-0.39, 0.29) is 24.0 Å². The molecule has 0 saturated carbocycles. The van der Waals surface area contributed by atoms with E-state index in [0.29, 0.717) is 37.4 Å². The van der Waals surface area contributed by atoms with E-state index < -0.39 is 28.8 Å². The third-order valence-corrected chi connectivity index (χ3v) is 7.15. The molecule has 10 heteroatoms. The molecule has 37 heavy (non-hydrogen) atoms. The Morgan fingerprint density at radius 2 is 1.86 bits per heavy atom. The molecule has 1 aromatic heterocycles. The van der Waals surface area contributed by atoms with Crippen molar-refractivity contribution in [3.63, 3.8) is 0 Å². The first-order valence-electron chi connectivity index (χ1n) is 12.9. The van der Waals surface area contributed by atoms with Crippen LogP contribution >= 0.6 is 0 Å². The molecule has 1 fully saturated rings. The summed E-state index contributed by atoms with van der Waals surface area (Å²) >= 11 is 0. The van der Waals surface area contributed by atoms with Crippen molar-refractivity contribution in [3.05, 3.63) is 69.4 Å². The molecule has 9 nitrogen and oxygen atoms in total. The lowest BCUT2D eigenvalue weighted by molar-refractivity contribution is 0.0643. The molecule has 2 amide bonds. The highest BCUT2D eigenvalue weighted by Crippen LogP contribution is 2.31. The fourth-order valence-corrected chi connectivity index (χ4v) is 5.25. The smallest absolute Gasteiger partial charge is 0.278 e. The van der Waals surface area contributed by atoms with Gasteiger partial charge in [-0.15, -0.1) is 0 Å². The largest absolute Gasteiger partial charge is 0.502 e. The zero-order valence-corrected chi connectivity index (χ0v) is 20.6. The summed E-state index contributed by atoms with van der Waals surface area (Å²) in [6.07, 6.45) is 11.3. The third-order valence-electron chi connectivity index (χ3n) is 7.15. The second-order valence-electron chi connectivity index (χ2n) is 9.59. The van der Waals surface area contributed by atoms with E-state index >= 15 is 0 Å². The molecule has 2 aromatic rings. The SMILES string of the molecule is O=C1NCc2ccc(F)cc2OCC/C=C/CCCCCN2C3CCCN3C(=O)c3c(O)c(=O)c1cn32. The van der Waals surface area contributed by atoms with E-state index in [1.807, 2.05) is 11.1 Å². The summed E-state index contributed by atoms with van der Waals surface area (Å²) in [6, 6.07) is 4.07. The zero-order valence-electron chi connectivity index (χ0n) is 20.6. The lowest BCUT2D eigenvalue weighted by Gasteiger charge is -2.43. The molecule has 2 bridgehead atoms. The van der Waals surface area contributed by atoms with Crippen molar-refractivity contribution in [1.82, 2.24) is 14.9 Å². The van der Waals surface area contributed by atoms with Crippen molar-refractivity contribution in [2.24, 2.45) is 0 Å². The summed E-state index contributed by atoms with van der Waals surface area (Å²) in [4.78, 5) is 41.0. The molecular formula is C27H31FN4O5. The van der Waals surface area contributed by atoms with Crippen molar-refractivity contribution in [2.75, 3.05) is 24.7 Å². The van der Waals surface area contributed by atoms with Gasteiger partial charge in [-0.3, -0.25) is 24.1 Å². The molecule has 1 atom stereocenters. The minimum Gasteiger partial charge on any atom is -0.502 e. The number of hydrogen-bond acceptors (Lipinski definition) is 6.